The zero-order valence-corrected chi connectivity index (χ0v) is 12.4. The molecule has 0 aromatic heterocycles. The molecule has 0 radical (unpaired) electrons. The van der Waals surface area contributed by atoms with Gasteiger partial charge in [0.2, 0.25) is 0 Å². The summed E-state index contributed by atoms with van der Waals surface area (Å²) < 4.78 is 5.32. The molecule has 116 valence electrons. The van der Waals surface area contributed by atoms with Gasteiger partial charge >= 0.3 is 0 Å². The number of rotatable bonds is 1. The Bertz CT molecular complexity index is 883. The SMILES string of the molecule is COc1c(O)ccc2c1CN1C=Cc3cc(O)c(O)cc3C1=C2. The molecule has 3 N–H and O–H groups in total. The van der Waals surface area contributed by atoms with Gasteiger partial charge in [0.05, 0.1) is 13.7 Å². The lowest BCUT2D eigenvalue weighted by atomic mass is 9.92. The molecule has 0 spiro atoms. The monoisotopic (exact) mass is 309 g/mol. The highest BCUT2D eigenvalue weighted by molar-refractivity contribution is 5.90. The van der Waals surface area contributed by atoms with Gasteiger partial charge < -0.3 is 25.0 Å². The molecular weight excluding hydrogens is 294 g/mol. The lowest BCUT2D eigenvalue weighted by molar-refractivity contribution is 0.362. The summed E-state index contributed by atoms with van der Waals surface area (Å²) in [5.41, 5.74) is 4.49. The lowest BCUT2D eigenvalue weighted by Crippen LogP contribution is -2.22. The molecule has 0 saturated heterocycles. The molecular formula is C18H15NO4. The molecule has 0 fully saturated rings. The summed E-state index contributed by atoms with van der Waals surface area (Å²) in [4.78, 5) is 2.02. The van der Waals surface area contributed by atoms with Crippen molar-refractivity contribution < 1.29 is 20.1 Å². The molecule has 2 aliphatic rings. The van der Waals surface area contributed by atoms with Crippen molar-refractivity contribution in [3.8, 4) is 23.0 Å². The Morgan fingerprint density at radius 1 is 1.00 bits per heavy atom. The Kier molecular flexibility index (Phi) is 2.78. The molecule has 0 aliphatic carbocycles. The van der Waals surface area contributed by atoms with Crippen LogP contribution in [0.15, 0.2) is 30.5 Å². The predicted molar refractivity (Wildman–Crippen MR) is 86.9 cm³/mol. The van der Waals surface area contributed by atoms with E-state index in [2.05, 4.69) is 0 Å². The van der Waals surface area contributed by atoms with Crippen molar-refractivity contribution in [2.75, 3.05) is 7.11 Å². The highest BCUT2D eigenvalue weighted by atomic mass is 16.5. The first-order chi connectivity index (χ1) is 11.1. The van der Waals surface area contributed by atoms with Crippen molar-refractivity contribution in [1.29, 1.82) is 0 Å². The second-order valence-electron chi connectivity index (χ2n) is 5.59. The number of methoxy groups -OCH3 is 1. The van der Waals surface area contributed by atoms with Gasteiger partial charge in [0.25, 0.3) is 0 Å². The maximum absolute atomic E-state index is 9.94. The first-order valence-electron chi connectivity index (χ1n) is 7.20. The number of benzene rings is 2. The number of hydrogen-bond donors (Lipinski definition) is 3. The van der Waals surface area contributed by atoms with Crippen LogP contribution < -0.4 is 4.74 Å². The highest BCUT2D eigenvalue weighted by Crippen LogP contribution is 2.44. The number of aromatic hydroxyl groups is 3. The number of hydrogen-bond acceptors (Lipinski definition) is 5. The Labute approximate surface area is 133 Å². The maximum atomic E-state index is 9.94. The van der Waals surface area contributed by atoms with E-state index in [0.29, 0.717) is 12.3 Å². The molecule has 0 amide bonds. The molecule has 2 aromatic carbocycles. The van der Waals surface area contributed by atoms with Crippen LogP contribution in [0.4, 0.5) is 0 Å². The van der Waals surface area contributed by atoms with Gasteiger partial charge in [-0.3, -0.25) is 0 Å². The number of phenols is 3. The van der Waals surface area contributed by atoms with E-state index in [9.17, 15) is 15.3 Å². The summed E-state index contributed by atoms with van der Waals surface area (Å²) in [5.74, 6) is 0.317. The molecule has 0 bridgehead atoms. The van der Waals surface area contributed by atoms with Crippen molar-refractivity contribution in [2.45, 2.75) is 6.54 Å². The second-order valence-corrected chi connectivity index (χ2v) is 5.59. The van der Waals surface area contributed by atoms with Crippen molar-refractivity contribution in [3.05, 3.63) is 52.7 Å². The Morgan fingerprint density at radius 3 is 2.57 bits per heavy atom. The topological polar surface area (TPSA) is 73.2 Å². The van der Waals surface area contributed by atoms with Gasteiger partial charge in [0.15, 0.2) is 23.0 Å². The van der Waals surface area contributed by atoms with E-state index in [1.54, 1.807) is 18.2 Å². The molecule has 0 unspecified atom stereocenters. The van der Waals surface area contributed by atoms with Gasteiger partial charge in [-0.1, -0.05) is 6.07 Å². The van der Waals surface area contributed by atoms with Gasteiger partial charge in [-0.25, -0.2) is 0 Å². The van der Waals surface area contributed by atoms with Gasteiger partial charge in [-0.2, -0.15) is 0 Å². The average Bonchev–Trinajstić information content (AvgIpc) is 2.54. The number of phenolic OH excluding ortho intramolecular Hbond substituents is 3. The molecule has 0 saturated carbocycles. The van der Waals surface area contributed by atoms with Crippen LogP contribution in [-0.2, 0) is 6.54 Å². The van der Waals surface area contributed by atoms with Crippen molar-refractivity contribution in [1.82, 2.24) is 4.90 Å². The van der Waals surface area contributed by atoms with Crippen LogP contribution in [0.2, 0.25) is 0 Å². The van der Waals surface area contributed by atoms with E-state index < -0.39 is 0 Å². The first kappa shape index (κ1) is 13.6. The number of nitrogens with zero attached hydrogens (tertiary/aromatic N) is 1. The van der Waals surface area contributed by atoms with Gasteiger partial charge in [-0.15, -0.1) is 0 Å². The van der Waals surface area contributed by atoms with Crippen molar-refractivity contribution in [3.63, 3.8) is 0 Å². The van der Waals surface area contributed by atoms with E-state index in [0.717, 1.165) is 28.0 Å². The van der Waals surface area contributed by atoms with E-state index >= 15 is 0 Å². The predicted octanol–water partition coefficient (Wildman–Crippen LogP) is 3.11. The minimum absolute atomic E-state index is 0.118. The van der Waals surface area contributed by atoms with Gasteiger partial charge in [0, 0.05) is 23.0 Å². The first-order valence-corrected chi connectivity index (χ1v) is 7.20. The van der Waals surface area contributed by atoms with Crippen LogP contribution in [-0.4, -0.2) is 27.3 Å². The fourth-order valence-electron chi connectivity index (χ4n) is 3.13. The number of ether oxygens (including phenoxy) is 1. The van der Waals surface area contributed by atoms with Crippen LogP contribution in [0.3, 0.4) is 0 Å². The summed E-state index contributed by atoms with van der Waals surface area (Å²) in [6.07, 6.45) is 5.78. The van der Waals surface area contributed by atoms with Crippen LogP contribution >= 0.6 is 0 Å². The summed E-state index contributed by atoms with van der Waals surface area (Å²) in [7, 11) is 1.54. The third-order valence-electron chi connectivity index (χ3n) is 4.27. The smallest absolute Gasteiger partial charge is 0.166 e. The molecule has 5 heteroatoms. The third-order valence-corrected chi connectivity index (χ3v) is 4.27. The molecule has 2 heterocycles. The van der Waals surface area contributed by atoms with E-state index in [-0.39, 0.29) is 17.2 Å². The molecule has 2 aliphatic heterocycles. The standard InChI is InChI=1S/C18H15NO4/c1-23-18-13-9-19-5-4-11-7-16(21)17(22)8-12(11)14(19)6-10(13)2-3-15(18)20/h2-8,20-22H,9H2,1H3. The minimum atomic E-state index is -0.144. The second kappa shape index (κ2) is 4.71. The Balaban J connectivity index is 1.92. The normalized spacial score (nSPS) is 14.7. The Hall–Kier alpha value is -3.08. The van der Waals surface area contributed by atoms with E-state index in [4.69, 9.17) is 4.74 Å². The van der Waals surface area contributed by atoms with Crippen LogP contribution in [0.1, 0.15) is 22.3 Å². The van der Waals surface area contributed by atoms with Crippen molar-refractivity contribution >= 4 is 17.8 Å². The largest absolute Gasteiger partial charge is 0.504 e. The quantitative estimate of drug-likeness (QED) is 0.706. The Morgan fingerprint density at radius 2 is 1.78 bits per heavy atom. The van der Waals surface area contributed by atoms with Crippen LogP contribution in [0.25, 0.3) is 17.8 Å². The van der Waals surface area contributed by atoms with Crippen LogP contribution in [0, 0.1) is 0 Å². The summed E-state index contributed by atoms with van der Waals surface area (Å²) >= 11 is 0. The fraction of sp³-hybridized carbons (Fsp3) is 0.111. The minimum Gasteiger partial charge on any atom is -0.504 e. The highest BCUT2D eigenvalue weighted by Gasteiger charge is 2.26. The van der Waals surface area contributed by atoms with Gasteiger partial charge in [0.1, 0.15) is 0 Å². The number of fused-ring (bicyclic) bond motifs is 4. The molecule has 5 nitrogen and oxygen atoms in total. The summed E-state index contributed by atoms with van der Waals surface area (Å²) in [5, 5.41) is 29.4. The fourth-order valence-corrected chi connectivity index (χ4v) is 3.13. The molecule has 23 heavy (non-hydrogen) atoms. The van der Waals surface area contributed by atoms with E-state index in [1.165, 1.54) is 7.11 Å². The van der Waals surface area contributed by atoms with Crippen molar-refractivity contribution in [2.24, 2.45) is 0 Å². The molecule has 4 rings (SSSR count). The molecule has 2 aromatic rings. The van der Waals surface area contributed by atoms with E-state index in [1.807, 2.05) is 29.3 Å². The van der Waals surface area contributed by atoms with Gasteiger partial charge in [-0.05, 0) is 41.5 Å². The summed E-state index contributed by atoms with van der Waals surface area (Å²) in [6, 6.07) is 6.57. The zero-order valence-electron chi connectivity index (χ0n) is 12.4. The lowest BCUT2D eigenvalue weighted by Gasteiger charge is -2.33. The summed E-state index contributed by atoms with van der Waals surface area (Å²) in [6.45, 7) is 0.552. The molecule has 0 atom stereocenters. The third kappa shape index (κ3) is 1.93. The van der Waals surface area contributed by atoms with Crippen LogP contribution in [0.5, 0.6) is 23.0 Å². The average molecular weight is 309 g/mol. The zero-order chi connectivity index (χ0) is 16.1. The maximum Gasteiger partial charge on any atom is 0.166 e.